The van der Waals surface area contributed by atoms with Gasteiger partial charge in [0.05, 0.1) is 0 Å². The van der Waals surface area contributed by atoms with Gasteiger partial charge in [0.25, 0.3) is 0 Å². The van der Waals surface area contributed by atoms with Crippen LogP contribution in [0, 0.1) is 11.8 Å². The summed E-state index contributed by atoms with van der Waals surface area (Å²) in [5.74, 6) is 1.96. The molecule has 2 aliphatic rings. The average molecular weight is 168 g/mol. The standard InChI is InChI=1S/C10H20N2/c1-12-6-2-3-10(8-12)9-4-5-11-7-9/h9-11H,2-8H2,1H3. The van der Waals surface area contributed by atoms with Gasteiger partial charge in [-0.1, -0.05) is 0 Å². The molecule has 12 heavy (non-hydrogen) atoms. The van der Waals surface area contributed by atoms with Gasteiger partial charge in [0.1, 0.15) is 0 Å². The average Bonchev–Trinajstić information content (AvgIpc) is 2.56. The zero-order valence-electron chi connectivity index (χ0n) is 8.05. The van der Waals surface area contributed by atoms with Crippen molar-refractivity contribution in [3.05, 3.63) is 0 Å². The van der Waals surface area contributed by atoms with Gasteiger partial charge in [-0.15, -0.1) is 0 Å². The Labute approximate surface area is 75.3 Å². The topological polar surface area (TPSA) is 15.3 Å². The Hall–Kier alpha value is -0.0800. The second-order valence-electron chi connectivity index (χ2n) is 4.42. The molecule has 0 aromatic rings. The van der Waals surface area contributed by atoms with E-state index in [9.17, 15) is 0 Å². The number of nitrogens with zero attached hydrogens (tertiary/aromatic N) is 1. The van der Waals surface area contributed by atoms with E-state index in [-0.39, 0.29) is 0 Å². The minimum Gasteiger partial charge on any atom is -0.316 e. The molecule has 0 amide bonds. The molecule has 0 aromatic heterocycles. The Bertz CT molecular complexity index is 141. The number of piperidine rings is 1. The summed E-state index contributed by atoms with van der Waals surface area (Å²) < 4.78 is 0. The lowest BCUT2D eigenvalue weighted by Gasteiger charge is -2.33. The largest absolute Gasteiger partial charge is 0.316 e. The maximum Gasteiger partial charge on any atom is 0.000975 e. The lowest BCUT2D eigenvalue weighted by Crippen LogP contribution is -2.36. The zero-order valence-corrected chi connectivity index (χ0v) is 8.05. The van der Waals surface area contributed by atoms with Crippen LogP contribution in [0.15, 0.2) is 0 Å². The number of nitrogens with one attached hydrogen (secondary N) is 1. The fourth-order valence-corrected chi connectivity index (χ4v) is 2.67. The molecule has 70 valence electrons. The summed E-state index contributed by atoms with van der Waals surface area (Å²) in [7, 11) is 2.26. The molecular formula is C10H20N2. The summed E-state index contributed by atoms with van der Waals surface area (Å²) in [6.45, 7) is 5.19. The van der Waals surface area contributed by atoms with Crippen LogP contribution in [0.1, 0.15) is 19.3 Å². The van der Waals surface area contributed by atoms with Crippen molar-refractivity contribution in [3.8, 4) is 0 Å². The molecule has 2 rings (SSSR count). The van der Waals surface area contributed by atoms with Crippen molar-refractivity contribution in [3.63, 3.8) is 0 Å². The predicted octanol–water partition coefficient (Wildman–Crippen LogP) is 0.938. The number of likely N-dealkylation sites (tertiary alicyclic amines) is 1. The van der Waals surface area contributed by atoms with Crippen molar-refractivity contribution in [2.45, 2.75) is 19.3 Å². The van der Waals surface area contributed by atoms with Crippen LogP contribution in [0.2, 0.25) is 0 Å². The molecule has 0 aromatic carbocycles. The molecule has 2 atom stereocenters. The van der Waals surface area contributed by atoms with Gasteiger partial charge in [0.2, 0.25) is 0 Å². The molecule has 2 nitrogen and oxygen atoms in total. The van der Waals surface area contributed by atoms with E-state index in [0.717, 1.165) is 11.8 Å². The van der Waals surface area contributed by atoms with Gasteiger partial charge >= 0.3 is 0 Å². The van der Waals surface area contributed by atoms with Gasteiger partial charge in [-0.25, -0.2) is 0 Å². The minimum absolute atomic E-state index is 0.979. The summed E-state index contributed by atoms with van der Waals surface area (Å²) in [6.07, 6.45) is 4.30. The third-order valence-electron chi connectivity index (χ3n) is 3.43. The van der Waals surface area contributed by atoms with Crippen LogP contribution in [0.5, 0.6) is 0 Å². The van der Waals surface area contributed by atoms with Crippen LogP contribution < -0.4 is 5.32 Å². The van der Waals surface area contributed by atoms with Gasteiger partial charge in [-0.3, -0.25) is 0 Å². The molecule has 1 N–H and O–H groups in total. The zero-order chi connectivity index (χ0) is 8.39. The third kappa shape index (κ3) is 1.80. The first-order valence-corrected chi connectivity index (χ1v) is 5.25. The van der Waals surface area contributed by atoms with Gasteiger partial charge in [-0.2, -0.15) is 0 Å². The fourth-order valence-electron chi connectivity index (χ4n) is 2.67. The Balaban J connectivity index is 1.85. The van der Waals surface area contributed by atoms with E-state index in [4.69, 9.17) is 0 Å². The van der Waals surface area contributed by atoms with Crippen molar-refractivity contribution in [2.24, 2.45) is 11.8 Å². The first-order chi connectivity index (χ1) is 5.86. The predicted molar refractivity (Wildman–Crippen MR) is 51.2 cm³/mol. The number of rotatable bonds is 1. The van der Waals surface area contributed by atoms with Gasteiger partial charge in [0, 0.05) is 6.54 Å². The molecule has 2 unspecified atom stereocenters. The molecule has 2 heteroatoms. The van der Waals surface area contributed by atoms with E-state index >= 15 is 0 Å². The lowest BCUT2D eigenvalue weighted by molar-refractivity contribution is 0.166. The van der Waals surface area contributed by atoms with Gasteiger partial charge in [0.15, 0.2) is 0 Å². The Morgan fingerprint density at radius 3 is 2.83 bits per heavy atom. The highest BCUT2D eigenvalue weighted by Crippen LogP contribution is 2.26. The number of hydrogen-bond donors (Lipinski definition) is 1. The second-order valence-corrected chi connectivity index (χ2v) is 4.42. The lowest BCUT2D eigenvalue weighted by atomic mass is 9.85. The minimum atomic E-state index is 0.979. The molecule has 2 saturated heterocycles. The van der Waals surface area contributed by atoms with E-state index in [0.29, 0.717) is 0 Å². The molecule has 0 saturated carbocycles. The summed E-state index contributed by atoms with van der Waals surface area (Å²) in [6, 6.07) is 0. The van der Waals surface area contributed by atoms with Crippen LogP contribution in [-0.4, -0.2) is 38.1 Å². The Morgan fingerprint density at radius 1 is 1.25 bits per heavy atom. The highest BCUT2D eigenvalue weighted by Gasteiger charge is 2.27. The SMILES string of the molecule is CN1CCCC(C2CCNC2)C1. The van der Waals surface area contributed by atoms with Gasteiger partial charge in [-0.05, 0) is 57.8 Å². The molecule has 0 bridgehead atoms. The van der Waals surface area contributed by atoms with Crippen molar-refractivity contribution < 1.29 is 0 Å². The molecule has 2 aliphatic heterocycles. The summed E-state index contributed by atoms with van der Waals surface area (Å²) >= 11 is 0. The first-order valence-electron chi connectivity index (χ1n) is 5.25. The maximum absolute atomic E-state index is 3.47. The Kier molecular flexibility index (Phi) is 2.66. The molecule has 2 heterocycles. The van der Waals surface area contributed by atoms with Crippen molar-refractivity contribution in [1.29, 1.82) is 0 Å². The smallest absolute Gasteiger partial charge is 0.000975 e. The molecule has 0 radical (unpaired) electrons. The molecule has 2 fully saturated rings. The summed E-state index contributed by atoms with van der Waals surface area (Å²) in [5, 5.41) is 3.47. The molecular weight excluding hydrogens is 148 g/mol. The third-order valence-corrected chi connectivity index (χ3v) is 3.43. The summed E-state index contributed by atoms with van der Waals surface area (Å²) in [5.41, 5.74) is 0. The molecule has 0 spiro atoms. The second kappa shape index (κ2) is 3.75. The highest BCUT2D eigenvalue weighted by atomic mass is 15.1. The van der Waals surface area contributed by atoms with E-state index in [1.54, 1.807) is 0 Å². The van der Waals surface area contributed by atoms with E-state index < -0.39 is 0 Å². The highest BCUT2D eigenvalue weighted by molar-refractivity contribution is 4.82. The van der Waals surface area contributed by atoms with Crippen LogP contribution >= 0.6 is 0 Å². The quantitative estimate of drug-likeness (QED) is 0.627. The van der Waals surface area contributed by atoms with Crippen LogP contribution in [0.4, 0.5) is 0 Å². The van der Waals surface area contributed by atoms with Crippen LogP contribution in [0.25, 0.3) is 0 Å². The monoisotopic (exact) mass is 168 g/mol. The van der Waals surface area contributed by atoms with Crippen LogP contribution in [0.3, 0.4) is 0 Å². The maximum atomic E-state index is 3.47. The number of hydrogen-bond acceptors (Lipinski definition) is 2. The van der Waals surface area contributed by atoms with Crippen molar-refractivity contribution >= 4 is 0 Å². The van der Waals surface area contributed by atoms with E-state index in [2.05, 4.69) is 17.3 Å². The summed E-state index contributed by atoms with van der Waals surface area (Å²) in [4.78, 5) is 2.49. The van der Waals surface area contributed by atoms with Crippen molar-refractivity contribution in [1.82, 2.24) is 10.2 Å². The molecule has 0 aliphatic carbocycles. The van der Waals surface area contributed by atoms with Crippen molar-refractivity contribution in [2.75, 3.05) is 33.2 Å². The fraction of sp³-hybridized carbons (Fsp3) is 1.00. The Morgan fingerprint density at radius 2 is 2.17 bits per heavy atom. The van der Waals surface area contributed by atoms with E-state index in [1.807, 2.05) is 0 Å². The first kappa shape index (κ1) is 8.52. The normalized spacial score (nSPS) is 38.8. The van der Waals surface area contributed by atoms with E-state index in [1.165, 1.54) is 45.4 Å². The van der Waals surface area contributed by atoms with Gasteiger partial charge < -0.3 is 10.2 Å². The van der Waals surface area contributed by atoms with Crippen LogP contribution in [-0.2, 0) is 0 Å².